The van der Waals surface area contributed by atoms with Crippen LogP contribution in [0.5, 0.6) is 0 Å². The molecule has 0 unspecified atom stereocenters. The van der Waals surface area contributed by atoms with Crippen molar-refractivity contribution in [2.24, 2.45) is 0 Å². The van der Waals surface area contributed by atoms with Gasteiger partial charge in [-0.1, -0.05) is 164 Å². The maximum atomic E-state index is 5.31. The summed E-state index contributed by atoms with van der Waals surface area (Å²) in [5, 5.41) is 10.8. The van der Waals surface area contributed by atoms with Crippen LogP contribution in [0.25, 0.3) is 121 Å². The van der Waals surface area contributed by atoms with Gasteiger partial charge in [-0.25, -0.2) is 9.97 Å². The van der Waals surface area contributed by atoms with E-state index in [1.54, 1.807) is 0 Å². The first kappa shape index (κ1) is 34.5. The summed E-state index contributed by atoms with van der Waals surface area (Å²) in [5.41, 5.74) is 13.4. The summed E-state index contributed by atoms with van der Waals surface area (Å²) in [5.74, 6) is 0.660. The van der Waals surface area contributed by atoms with Crippen molar-refractivity contribution in [1.82, 2.24) is 19.1 Å². The molecule has 0 radical (unpaired) electrons. The lowest BCUT2D eigenvalue weighted by Gasteiger charge is -2.14. The van der Waals surface area contributed by atoms with Gasteiger partial charge in [0, 0.05) is 43.6 Å². The molecular weight excluding hydrogens is 753 g/mol. The van der Waals surface area contributed by atoms with Crippen LogP contribution in [0.15, 0.2) is 218 Å². The Kier molecular flexibility index (Phi) is 7.57. The van der Waals surface area contributed by atoms with Crippen LogP contribution >= 0.6 is 0 Å². The third kappa shape index (κ3) is 5.27. The van der Waals surface area contributed by atoms with Gasteiger partial charge in [-0.15, -0.1) is 0 Å². The average Bonchev–Trinajstić information content (AvgIpc) is 3.86. The van der Waals surface area contributed by atoms with Crippen molar-refractivity contribution in [3.05, 3.63) is 218 Å². The van der Waals surface area contributed by atoms with Crippen LogP contribution in [0, 0.1) is 0 Å². The number of benzene rings is 10. The second-order valence-electron chi connectivity index (χ2n) is 16.2. The summed E-state index contributed by atoms with van der Waals surface area (Å²) in [4.78, 5) is 10.5. The van der Waals surface area contributed by atoms with Crippen LogP contribution in [0.1, 0.15) is 0 Å². The van der Waals surface area contributed by atoms with Crippen molar-refractivity contribution in [1.29, 1.82) is 0 Å². The first-order chi connectivity index (χ1) is 30.7. The van der Waals surface area contributed by atoms with Crippen molar-refractivity contribution < 1.29 is 0 Å². The molecule has 13 rings (SSSR count). The molecule has 0 spiro atoms. The molecule has 288 valence electrons. The summed E-state index contributed by atoms with van der Waals surface area (Å²) in [7, 11) is 0. The van der Waals surface area contributed by atoms with E-state index in [0.29, 0.717) is 5.95 Å². The van der Waals surface area contributed by atoms with Crippen molar-refractivity contribution in [2.45, 2.75) is 0 Å². The van der Waals surface area contributed by atoms with E-state index in [-0.39, 0.29) is 0 Å². The fourth-order valence-electron chi connectivity index (χ4n) is 9.85. The minimum absolute atomic E-state index is 0.660. The number of nitrogens with zero attached hydrogens (tertiary/aromatic N) is 4. The molecule has 13 aromatic rings. The van der Waals surface area contributed by atoms with Gasteiger partial charge in [0.15, 0.2) is 0 Å². The largest absolute Gasteiger partial charge is 0.309 e. The topological polar surface area (TPSA) is 35.6 Å². The third-order valence-electron chi connectivity index (χ3n) is 12.7. The maximum absolute atomic E-state index is 5.31. The van der Waals surface area contributed by atoms with E-state index in [1.165, 1.54) is 65.3 Å². The van der Waals surface area contributed by atoms with Crippen LogP contribution in [0.4, 0.5) is 0 Å². The van der Waals surface area contributed by atoms with E-state index >= 15 is 0 Å². The first-order valence-corrected chi connectivity index (χ1v) is 21.2. The van der Waals surface area contributed by atoms with Crippen LogP contribution in [-0.4, -0.2) is 19.1 Å². The molecule has 0 saturated heterocycles. The molecule has 0 amide bonds. The average molecular weight is 789 g/mol. The summed E-state index contributed by atoms with van der Waals surface area (Å²) in [6.45, 7) is 0. The lowest BCUT2D eigenvalue weighted by Crippen LogP contribution is -2.03. The molecule has 62 heavy (non-hydrogen) atoms. The molecule has 3 aromatic heterocycles. The summed E-state index contributed by atoms with van der Waals surface area (Å²) >= 11 is 0. The number of para-hydroxylation sites is 4. The number of hydrogen-bond acceptors (Lipinski definition) is 2. The van der Waals surface area contributed by atoms with E-state index in [4.69, 9.17) is 9.97 Å². The fourth-order valence-corrected chi connectivity index (χ4v) is 9.85. The summed E-state index contributed by atoms with van der Waals surface area (Å²) in [6.07, 6.45) is 0. The molecule has 0 fully saturated rings. The van der Waals surface area contributed by atoms with Crippen molar-refractivity contribution >= 4 is 76.1 Å². The smallest absolute Gasteiger partial charge is 0.235 e. The highest BCUT2D eigenvalue weighted by Crippen LogP contribution is 2.42. The summed E-state index contributed by atoms with van der Waals surface area (Å²) < 4.78 is 4.66. The highest BCUT2D eigenvalue weighted by Gasteiger charge is 2.20. The Labute approximate surface area is 357 Å². The van der Waals surface area contributed by atoms with Gasteiger partial charge in [-0.05, 0) is 93.0 Å². The molecule has 0 saturated carbocycles. The van der Waals surface area contributed by atoms with Gasteiger partial charge in [0.2, 0.25) is 5.95 Å². The normalized spacial score (nSPS) is 11.9. The molecular formula is C58H36N4. The maximum Gasteiger partial charge on any atom is 0.235 e. The quantitative estimate of drug-likeness (QED) is 0.174. The molecule has 0 aliphatic heterocycles. The lowest BCUT2D eigenvalue weighted by molar-refractivity contribution is 1.01. The lowest BCUT2D eigenvalue weighted by atomic mass is 9.93. The Morgan fingerprint density at radius 3 is 1.63 bits per heavy atom. The predicted octanol–water partition coefficient (Wildman–Crippen LogP) is 15.1. The Bertz CT molecular complexity index is 3920. The zero-order valence-electron chi connectivity index (χ0n) is 33.6. The van der Waals surface area contributed by atoms with Crippen molar-refractivity contribution in [3.63, 3.8) is 0 Å². The van der Waals surface area contributed by atoms with Gasteiger partial charge >= 0.3 is 0 Å². The van der Waals surface area contributed by atoms with E-state index in [2.05, 4.69) is 215 Å². The summed E-state index contributed by atoms with van der Waals surface area (Å²) in [6, 6.07) is 78.7. The number of aromatic nitrogens is 4. The Balaban J connectivity index is 0.952. The van der Waals surface area contributed by atoms with Gasteiger partial charge in [0.05, 0.1) is 33.3 Å². The van der Waals surface area contributed by atoms with Crippen molar-refractivity contribution in [3.8, 4) is 45.1 Å². The number of hydrogen-bond donors (Lipinski definition) is 0. The Hall–Kier alpha value is -8.34. The van der Waals surface area contributed by atoms with Gasteiger partial charge in [0.1, 0.15) is 0 Å². The van der Waals surface area contributed by atoms with E-state index < -0.39 is 0 Å². The highest BCUT2D eigenvalue weighted by atomic mass is 15.2. The molecule has 0 atom stereocenters. The zero-order chi connectivity index (χ0) is 40.7. The van der Waals surface area contributed by atoms with E-state index in [1.807, 2.05) is 12.1 Å². The van der Waals surface area contributed by atoms with Gasteiger partial charge in [-0.3, -0.25) is 4.57 Å². The monoisotopic (exact) mass is 788 g/mol. The van der Waals surface area contributed by atoms with Crippen LogP contribution in [0.3, 0.4) is 0 Å². The Morgan fingerprint density at radius 1 is 0.306 bits per heavy atom. The van der Waals surface area contributed by atoms with Crippen LogP contribution in [-0.2, 0) is 0 Å². The number of rotatable bonds is 5. The van der Waals surface area contributed by atoms with E-state index in [0.717, 1.165) is 50.0 Å². The molecule has 10 aromatic carbocycles. The van der Waals surface area contributed by atoms with Gasteiger partial charge in [-0.2, -0.15) is 0 Å². The molecule has 3 heterocycles. The van der Waals surface area contributed by atoms with Crippen LogP contribution in [0.2, 0.25) is 0 Å². The first-order valence-electron chi connectivity index (χ1n) is 21.2. The van der Waals surface area contributed by atoms with Gasteiger partial charge < -0.3 is 4.57 Å². The molecule has 0 N–H and O–H groups in total. The van der Waals surface area contributed by atoms with E-state index in [9.17, 15) is 0 Å². The second-order valence-corrected chi connectivity index (χ2v) is 16.2. The second kappa shape index (κ2) is 13.6. The fraction of sp³-hybridized carbons (Fsp3) is 0. The molecule has 0 aliphatic rings. The highest BCUT2D eigenvalue weighted by molar-refractivity contribution is 6.22. The molecule has 0 bridgehead atoms. The predicted molar refractivity (Wildman–Crippen MR) is 260 cm³/mol. The van der Waals surface area contributed by atoms with Crippen molar-refractivity contribution in [2.75, 3.05) is 0 Å². The zero-order valence-corrected chi connectivity index (χ0v) is 33.6. The Morgan fingerprint density at radius 2 is 0.855 bits per heavy atom. The van der Waals surface area contributed by atoms with Crippen LogP contribution < -0.4 is 0 Å². The van der Waals surface area contributed by atoms with Gasteiger partial charge in [0.25, 0.3) is 0 Å². The minimum atomic E-state index is 0.660. The SMILES string of the molecule is c1ccc(-c2nc(-n3c4ccccc4c4ccc(-c5ccc6cc(-c7cc8c9ccccc9n(-c9ccccc9)c8c8ccccc78)ccc6c5)cc43)nc3ccccc23)cc1. The number of fused-ring (bicyclic) bond motifs is 10. The molecule has 4 heteroatoms. The molecule has 4 nitrogen and oxygen atoms in total. The third-order valence-corrected chi connectivity index (χ3v) is 12.7. The minimum Gasteiger partial charge on any atom is -0.309 e. The molecule has 0 aliphatic carbocycles. The standard InChI is InChI=1S/C58H36N4/c1-3-15-37(16-4-1)56-49-23-9-12-24-52(49)59-58(60-56)62-54-26-14-10-20-45(54)47-32-31-41(35-55(47)62)39-27-28-40-34-42(30-29-38(40)33-39)50-36-51-46-21-11-13-25-53(46)61(43-17-5-2-6-18-43)57(51)48-22-8-7-19-44(48)50/h1-36H.